The van der Waals surface area contributed by atoms with Gasteiger partial charge in [-0.05, 0) is 40.2 Å². The molecule has 2 aromatic carbocycles. The molecule has 0 bridgehead atoms. The topological polar surface area (TPSA) is 44.5 Å². The molecule has 0 heterocycles. The second-order valence-corrected chi connectivity index (χ2v) is 6.01. The number of ether oxygens (including phenoxy) is 2. The van der Waals surface area contributed by atoms with Gasteiger partial charge in [0.05, 0.1) is 24.7 Å². The summed E-state index contributed by atoms with van der Waals surface area (Å²) in [5, 5.41) is 1.03. The van der Waals surface area contributed by atoms with Crippen molar-refractivity contribution in [2.24, 2.45) is 5.73 Å². The molecule has 2 aromatic rings. The lowest BCUT2D eigenvalue weighted by Gasteiger charge is -2.20. The summed E-state index contributed by atoms with van der Waals surface area (Å²) < 4.78 is 11.5. The zero-order valence-corrected chi connectivity index (χ0v) is 14.6. The molecule has 112 valence electrons. The monoisotopic (exact) mass is 389 g/mol. The van der Waals surface area contributed by atoms with Crippen LogP contribution in [0.3, 0.4) is 0 Å². The maximum atomic E-state index is 6.35. The van der Waals surface area contributed by atoms with Crippen molar-refractivity contribution in [1.82, 2.24) is 0 Å². The van der Waals surface area contributed by atoms with Crippen molar-refractivity contribution >= 4 is 39.1 Å². The Hall–Kier alpha value is -0.940. The molecule has 1 atom stereocenters. The van der Waals surface area contributed by atoms with Gasteiger partial charge < -0.3 is 15.2 Å². The third kappa shape index (κ3) is 3.29. The second-order valence-electron chi connectivity index (χ2n) is 4.34. The highest BCUT2D eigenvalue weighted by Crippen LogP contribution is 2.40. The van der Waals surface area contributed by atoms with Crippen LogP contribution in [0.5, 0.6) is 11.5 Å². The molecule has 2 N–H and O–H groups in total. The first-order valence-corrected chi connectivity index (χ1v) is 7.65. The first-order chi connectivity index (χ1) is 9.99. The highest BCUT2D eigenvalue weighted by molar-refractivity contribution is 9.10. The largest absolute Gasteiger partial charge is 0.496 e. The summed E-state index contributed by atoms with van der Waals surface area (Å²) in [5.74, 6) is 1.29. The Balaban J connectivity index is 2.59. The SMILES string of the molecule is COc1cc(C(N)c2c(Cl)cccc2Cl)c(OC)cc1Br. The summed E-state index contributed by atoms with van der Waals surface area (Å²) in [6.07, 6.45) is 0. The van der Waals surface area contributed by atoms with E-state index in [1.807, 2.05) is 6.07 Å². The molecular formula is C15H14BrCl2NO2. The van der Waals surface area contributed by atoms with E-state index >= 15 is 0 Å². The van der Waals surface area contributed by atoms with E-state index < -0.39 is 6.04 Å². The van der Waals surface area contributed by atoms with Gasteiger partial charge in [0.15, 0.2) is 0 Å². The van der Waals surface area contributed by atoms with Crippen LogP contribution in [-0.2, 0) is 0 Å². The molecule has 3 nitrogen and oxygen atoms in total. The van der Waals surface area contributed by atoms with E-state index in [1.54, 1.807) is 38.5 Å². The number of benzene rings is 2. The minimum Gasteiger partial charge on any atom is -0.496 e. The van der Waals surface area contributed by atoms with Crippen LogP contribution in [0.4, 0.5) is 0 Å². The fourth-order valence-electron chi connectivity index (χ4n) is 2.09. The van der Waals surface area contributed by atoms with Crippen LogP contribution in [0, 0.1) is 0 Å². The van der Waals surface area contributed by atoms with Gasteiger partial charge in [0.2, 0.25) is 0 Å². The van der Waals surface area contributed by atoms with Gasteiger partial charge in [0.25, 0.3) is 0 Å². The number of methoxy groups -OCH3 is 2. The molecule has 0 aromatic heterocycles. The number of halogens is 3. The molecule has 0 amide bonds. The first-order valence-electron chi connectivity index (χ1n) is 6.10. The number of rotatable bonds is 4. The van der Waals surface area contributed by atoms with E-state index in [0.717, 1.165) is 10.0 Å². The summed E-state index contributed by atoms with van der Waals surface area (Å²) in [6.45, 7) is 0. The Morgan fingerprint density at radius 1 is 1.05 bits per heavy atom. The van der Waals surface area contributed by atoms with Gasteiger partial charge in [0, 0.05) is 21.2 Å². The molecule has 0 spiro atoms. The molecule has 21 heavy (non-hydrogen) atoms. The van der Waals surface area contributed by atoms with E-state index in [9.17, 15) is 0 Å². The minimum atomic E-state index is -0.525. The molecule has 0 fully saturated rings. The average molecular weight is 391 g/mol. The predicted octanol–water partition coefficient (Wildman–Crippen LogP) is 4.82. The van der Waals surface area contributed by atoms with Gasteiger partial charge in [-0.1, -0.05) is 29.3 Å². The van der Waals surface area contributed by atoms with Crippen LogP contribution < -0.4 is 15.2 Å². The quantitative estimate of drug-likeness (QED) is 0.813. The first kappa shape index (κ1) is 16.4. The summed E-state index contributed by atoms with van der Waals surface area (Å²) in [4.78, 5) is 0. The zero-order chi connectivity index (χ0) is 15.6. The average Bonchev–Trinajstić information content (AvgIpc) is 2.46. The van der Waals surface area contributed by atoms with Crippen LogP contribution in [0.25, 0.3) is 0 Å². The maximum Gasteiger partial charge on any atom is 0.133 e. The Morgan fingerprint density at radius 2 is 1.62 bits per heavy atom. The van der Waals surface area contributed by atoms with Crippen LogP contribution in [-0.4, -0.2) is 14.2 Å². The fraction of sp³-hybridized carbons (Fsp3) is 0.200. The summed E-state index contributed by atoms with van der Waals surface area (Å²) in [5.41, 5.74) is 7.75. The van der Waals surface area contributed by atoms with Crippen molar-refractivity contribution in [3.8, 4) is 11.5 Å². The highest BCUT2D eigenvalue weighted by atomic mass is 79.9. The minimum absolute atomic E-state index is 0.513. The van der Waals surface area contributed by atoms with Crippen LogP contribution in [0.15, 0.2) is 34.8 Å². The van der Waals surface area contributed by atoms with Crippen molar-refractivity contribution in [3.05, 3.63) is 56.0 Å². The normalized spacial score (nSPS) is 12.1. The Labute approximate surface area is 142 Å². The van der Waals surface area contributed by atoms with E-state index in [4.69, 9.17) is 38.4 Å². The maximum absolute atomic E-state index is 6.35. The van der Waals surface area contributed by atoms with Gasteiger partial charge in [-0.25, -0.2) is 0 Å². The Morgan fingerprint density at radius 3 is 2.14 bits per heavy atom. The number of hydrogen-bond acceptors (Lipinski definition) is 3. The molecule has 1 unspecified atom stereocenters. The van der Waals surface area contributed by atoms with E-state index in [-0.39, 0.29) is 0 Å². The fourth-order valence-corrected chi connectivity index (χ4v) is 3.21. The molecule has 2 rings (SSSR count). The van der Waals surface area contributed by atoms with Crippen molar-refractivity contribution in [2.75, 3.05) is 14.2 Å². The molecular weight excluding hydrogens is 377 g/mol. The molecule has 0 saturated carbocycles. The molecule has 0 aliphatic carbocycles. The standard InChI is InChI=1S/C15H14BrCl2NO2/c1-20-12-7-9(16)13(21-2)6-8(12)15(19)14-10(17)4-3-5-11(14)18/h3-7,15H,19H2,1-2H3. The molecule has 0 saturated heterocycles. The van der Waals surface area contributed by atoms with Gasteiger partial charge in [-0.15, -0.1) is 0 Å². The molecule has 0 radical (unpaired) electrons. The van der Waals surface area contributed by atoms with E-state index in [2.05, 4.69) is 15.9 Å². The number of hydrogen-bond donors (Lipinski definition) is 1. The smallest absolute Gasteiger partial charge is 0.133 e. The van der Waals surface area contributed by atoms with Crippen molar-refractivity contribution in [2.45, 2.75) is 6.04 Å². The third-order valence-corrected chi connectivity index (χ3v) is 4.43. The van der Waals surface area contributed by atoms with Crippen molar-refractivity contribution < 1.29 is 9.47 Å². The van der Waals surface area contributed by atoms with Crippen LogP contribution in [0.1, 0.15) is 17.2 Å². The highest BCUT2D eigenvalue weighted by Gasteiger charge is 2.21. The van der Waals surface area contributed by atoms with Crippen LogP contribution in [0.2, 0.25) is 10.0 Å². The summed E-state index contributed by atoms with van der Waals surface area (Å²) >= 11 is 15.9. The molecule has 6 heteroatoms. The van der Waals surface area contributed by atoms with E-state index in [0.29, 0.717) is 27.1 Å². The Bertz CT molecular complexity index is 644. The lowest BCUT2D eigenvalue weighted by Crippen LogP contribution is -2.14. The Kier molecular flexibility index (Phi) is 5.38. The van der Waals surface area contributed by atoms with Crippen molar-refractivity contribution in [1.29, 1.82) is 0 Å². The van der Waals surface area contributed by atoms with Gasteiger partial charge >= 0.3 is 0 Å². The van der Waals surface area contributed by atoms with Gasteiger partial charge in [-0.3, -0.25) is 0 Å². The second kappa shape index (κ2) is 6.88. The summed E-state index contributed by atoms with van der Waals surface area (Å²) in [7, 11) is 3.17. The lowest BCUT2D eigenvalue weighted by molar-refractivity contribution is 0.395. The molecule has 0 aliphatic rings. The van der Waals surface area contributed by atoms with Gasteiger partial charge in [-0.2, -0.15) is 0 Å². The lowest BCUT2D eigenvalue weighted by atomic mass is 9.98. The predicted molar refractivity (Wildman–Crippen MR) is 89.7 cm³/mol. The van der Waals surface area contributed by atoms with E-state index in [1.165, 1.54) is 0 Å². The third-order valence-electron chi connectivity index (χ3n) is 3.15. The number of nitrogens with two attached hydrogens (primary N) is 1. The zero-order valence-electron chi connectivity index (χ0n) is 11.5. The summed E-state index contributed by atoms with van der Waals surface area (Å²) in [6, 6.07) is 8.38. The van der Waals surface area contributed by atoms with Gasteiger partial charge in [0.1, 0.15) is 11.5 Å². The van der Waals surface area contributed by atoms with Crippen LogP contribution >= 0.6 is 39.1 Å². The van der Waals surface area contributed by atoms with Crippen molar-refractivity contribution in [3.63, 3.8) is 0 Å². The molecule has 0 aliphatic heterocycles.